The molecule has 25 heavy (non-hydrogen) atoms. The molecule has 0 radical (unpaired) electrons. The van der Waals surface area contributed by atoms with Crippen molar-refractivity contribution in [3.8, 4) is 0 Å². The van der Waals surface area contributed by atoms with Crippen LogP contribution >= 0.6 is 0 Å². The molecule has 7 nitrogen and oxygen atoms in total. The summed E-state index contributed by atoms with van der Waals surface area (Å²) in [6.45, 7) is 2.13. The van der Waals surface area contributed by atoms with E-state index in [2.05, 4.69) is 15.6 Å². The minimum atomic E-state index is -0.450. The van der Waals surface area contributed by atoms with E-state index in [4.69, 9.17) is 4.84 Å². The van der Waals surface area contributed by atoms with Gasteiger partial charge in [-0.1, -0.05) is 18.2 Å². The zero-order chi connectivity index (χ0) is 17.6. The van der Waals surface area contributed by atoms with E-state index in [1.54, 1.807) is 24.5 Å². The SMILES string of the molecule is Cc1cccc(N2N=C(C(=O)NOCc3cccnc3)CCC2=O)c1. The van der Waals surface area contributed by atoms with Crippen molar-refractivity contribution in [2.45, 2.75) is 26.4 Å². The van der Waals surface area contributed by atoms with Gasteiger partial charge in [-0.05, 0) is 36.2 Å². The highest BCUT2D eigenvalue weighted by atomic mass is 16.6. The van der Waals surface area contributed by atoms with E-state index >= 15 is 0 Å². The number of hydrazone groups is 1. The Morgan fingerprint density at radius 2 is 2.16 bits per heavy atom. The van der Waals surface area contributed by atoms with Crippen LogP contribution in [0.3, 0.4) is 0 Å². The first kappa shape index (κ1) is 16.8. The molecule has 2 amide bonds. The molecule has 7 heteroatoms. The van der Waals surface area contributed by atoms with Crippen LogP contribution in [0.15, 0.2) is 53.9 Å². The Morgan fingerprint density at radius 1 is 1.28 bits per heavy atom. The molecule has 0 saturated heterocycles. The minimum absolute atomic E-state index is 0.140. The fourth-order valence-electron chi connectivity index (χ4n) is 2.41. The highest BCUT2D eigenvalue weighted by Crippen LogP contribution is 2.21. The molecule has 0 unspecified atom stereocenters. The maximum Gasteiger partial charge on any atom is 0.291 e. The van der Waals surface area contributed by atoms with Gasteiger partial charge < -0.3 is 0 Å². The van der Waals surface area contributed by atoms with Gasteiger partial charge >= 0.3 is 0 Å². The number of benzene rings is 1. The van der Waals surface area contributed by atoms with E-state index in [0.29, 0.717) is 5.69 Å². The number of rotatable bonds is 5. The average molecular weight is 338 g/mol. The molecule has 0 fully saturated rings. The average Bonchev–Trinajstić information content (AvgIpc) is 2.63. The van der Waals surface area contributed by atoms with Crippen LogP contribution in [0, 0.1) is 6.92 Å². The van der Waals surface area contributed by atoms with Gasteiger partial charge in [-0.3, -0.25) is 19.4 Å². The lowest BCUT2D eigenvalue weighted by molar-refractivity contribution is -0.127. The first-order valence-corrected chi connectivity index (χ1v) is 7.91. The Balaban J connectivity index is 1.65. The van der Waals surface area contributed by atoms with E-state index in [0.717, 1.165) is 11.1 Å². The van der Waals surface area contributed by atoms with Crippen molar-refractivity contribution >= 4 is 23.2 Å². The number of aromatic nitrogens is 1. The normalized spacial score (nSPS) is 14.2. The molecule has 0 atom stereocenters. The molecule has 1 aliphatic heterocycles. The fraction of sp³-hybridized carbons (Fsp3) is 0.222. The molecule has 1 aromatic heterocycles. The van der Waals surface area contributed by atoms with Crippen LogP contribution in [0.25, 0.3) is 0 Å². The molecule has 0 aliphatic carbocycles. The summed E-state index contributed by atoms with van der Waals surface area (Å²) in [5, 5.41) is 5.47. The second-order valence-electron chi connectivity index (χ2n) is 5.67. The Bertz CT molecular complexity index is 805. The summed E-state index contributed by atoms with van der Waals surface area (Å²) in [5.41, 5.74) is 5.11. The summed E-state index contributed by atoms with van der Waals surface area (Å²) in [7, 11) is 0. The smallest absolute Gasteiger partial charge is 0.273 e. The van der Waals surface area contributed by atoms with E-state index in [1.807, 2.05) is 31.2 Å². The minimum Gasteiger partial charge on any atom is -0.273 e. The molecular formula is C18H18N4O3. The highest BCUT2D eigenvalue weighted by Gasteiger charge is 2.25. The van der Waals surface area contributed by atoms with E-state index in [9.17, 15) is 9.59 Å². The molecular weight excluding hydrogens is 320 g/mol. The predicted octanol–water partition coefficient (Wildman–Crippen LogP) is 2.12. The molecule has 2 heterocycles. The van der Waals surface area contributed by atoms with Crippen molar-refractivity contribution in [3.05, 3.63) is 59.9 Å². The van der Waals surface area contributed by atoms with Gasteiger partial charge in [0.2, 0.25) is 5.91 Å². The van der Waals surface area contributed by atoms with Crippen LogP contribution in [0.5, 0.6) is 0 Å². The topological polar surface area (TPSA) is 83.9 Å². The Morgan fingerprint density at radius 3 is 2.92 bits per heavy atom. The second kappa shape index (κ2) is 7.67. The summed E-state index contributed by atoms with van der Waals surface area (Å²) >= 11 is 0. The third-order valence-corrected chi connectivity index (χ3v) is 3.67. The number of hydrogen-bond acceptors (Lipinski definition) is 5. The predicted molar refractivity (Wildman–Crippen MR) is 92.5 cm³/mol. The number of nitrogens with one attached hydrogen (secondary N) is 1. The lowest BCUT2D eigenvalue weighted by Crippen LogP contribution is -2.39. The number of amides is 2. The zero-order valence-corrected chi connectivity index (χ0v) is 13.8. The van der Waals surface area contributed by atoms with Crippen LogP contribution in [-0.2, 0) is 21.0 Å². The number of nitrogens with zero attached hydrogens (tertiary/aromatic N) is 3. The number of pyridine rings is 1. The molecule has 3 rings (SSSR count). The maximum absolute atomic E-state index is 12.2. The summed E-state index contributed by atoms with van der Waals surface area (Å²) < 4.78 is 0. The van der Waals surface area contributed by atoms with Crippen LogP contribution in [0.2, 0.25) is 0 Å². The van der Waals surface area contributed by atoms with Gasteiger partial charge in [-0.15, -0.1) is 0 Å². The fourth-order valence-corrected chi connectivity index (χ4v) is 2.41. The Labute approximate surface area is 145 Å². The van der Waals surface area contributed by atoms with Crippen molar-refractivity contribution in [1.29, 1.82) is 0 Å². The molecule has 1 aromatic carbocycles. The standard InChI is InChI=1S/C18H18N4O3/c1-13-4-2-6-15(10-13)22-17(23)8-7-16(20-22)18(24)21-25-12-14-5-3-9-19-11-14/h2-6,9-11H,7-8,12H2,1H3,(H,21,24). The molecule has 1 aliphatic rings. The lowest BCUT2D eigenvalue weighted by Gasteiger charge is -2.23. The molecule has 0 spiro atoms. The number of carbonyl (C=O) groups is 2. The number of carbonyl (C=O) groups excluding carboxylic acids is 2. The molecule has 2 aromatic rings. The molecule has 128 valence electrons. The monoisotopic (exact) mass is 338 g/mol. The van der Waals surface area contributed by atoms with Gasteiger partial charge in [0.05, 0.1) is 5.69 Å². The molecule has 0 saturated carbocycles. The van der Waals surface area contributed by atoms with Gasteiger partial charge in [-0.2, -0.15) is 5.10 Å². The largest absolute Gasteiger partial charge is 0.291 e. The van der Waals surface area contributed by atoms with Crippen molar-refractivity contribution in [2.75, 3.05) is 5.01 Å². The van der Waals surface area contributed by atoms with Crippen molar-refractivity contribution in [3.63, 3.8) is 0 Å². The number of aryl methyl sites for hydroxylation is 1. The molecule has 0 bridgehead atoms. The van der Waals surface area contributed by atoms with Crippen molar-refractivity contribution in [2.24, 2.45) is 5.10 Å². The zero-order valence-electron chi connectivity index (χ0n) is 13.8. The summed E-state index contributed by atoms with van der Waals surface area (Å²) in [6.07, 6.45) is 3.82. The van der Waals surface area contributed by atoms with E-state index in [1.165, 1.54) is 5.01 Å². The van der Waals surface area contributed by atoms with Crippen LogP contribution < -0.4 is 10.5 Å². The summed E-state index contributed by atoms with van der Waals surface area (Å²) in [6, 6.07) is 11.0. The first-order chi connectivity index (χ1) is 12.1. The summed E-state index contributed by atoms with van der Waals surface area (Å²) in [4.78, 5) is 33.5. The van der Waals surface area contributed by atoms with Crippen LogP contribution in [0.1, 0.15) is 24.0 Å². The van der Waals surface area contributed by atoms with Gasteiger partial charge in [0.15, 0.2) is 0 Å². The van der Waals surface area contributed by atoms with E-state index in [-0.39, 0.29) is 31.1 Å². The Kier molecular flexibility index (Phi) is 5.15. The van der Waals surface area contributed by atoms with Gasteiger partial charge in [0.1, 0.15) is 12.3 Å². The second-order valence-corrected chi connectivity index (χ2v) is 5.67. The third kappa shape index (κ3) is 4.27. The van der Waals surface area contributed by atoms with Gasteiger partial charge in [-0.25, -0.2) is 10.5 Å². The maximum atomic E-state index is 12.2. The van der Waals surface area contributed by atoms with Gasteiger partial charge in [0.25, 0.3) is 5.91 Å². The molecule has 1 N–H and O–H groups in total. The van der Waals surface area contributed by atoms with Crippen molar-refractivity contribution in [1.82, 2.24) is 10.5 Å². The summed E-state index contributed by atoms with van der Waals surface area (Å²) in [5.74, 6) is -0.590. The number of hydroxylamine groups is 1. The van der Waals surface area contributed by atoms with Crippen molar-refractivity contribution < 1.29 is 14.4 Å². The number of anilines is 1. The lowest BCUT2D eigenvalue weighted by atomic mass is 10.1. The van der Waals surface area contributed by atoms with Crippen LogP contribution in [0.4, 0.5) is 5.69 Å². The van der Waals surface area contributed by atoms with E-state index < -0.39 is 5.91 Å². The van der Waals surface area contributed by atoms with Crippen LogP contribution in [-0.4, -0.2) is 22.5 Å². The Hall–Kier alpha value is -3.06. The van der Waals surface area contributed by atoms with Gasteiger partial charge in [0, 0.05) is 25.2 Å². The quantitative estimate of drug-likeness (QED) is 0.847. The third-order valence-electron chi connectivity index (χ3n) is 3.67. The first-order valence-electron chi connectivity index (χ1n) is 7.91. The number of hydrogen-bond donors (Lipinski definition) is 1. The highest BCUT2D eigenvalue weighted by molar-refractivity contribution is 6.40.